The molecule has 0 radical (unpaired) electrons. The second-order valence-corrected chi connectivity index (χ2v) is 2.67. The fourth-order valence-electron chi connectivity index (χ4n) is 0.766. The summed E-state index contributed by atoms with van der Waals surface area (Å²) >= 11 is 0. The molecule has 0 spiro atoms. The first-order valence-electron chi connectivity index (χ1n) is 3.83. The van der Waals surface area contributed by atoms with Gasteiger partial charge in [0.25, 0.3) is 0 Å². The summed E-state index contributed by atoms with van der Waals surface area (Å²) in [6.45, 7) is 5.37. The van der Waals surface area contributed by atoms with Crippen LogP contribution in [0.2, 0.25) is 0 Å². The number of alkyl halides is 1. The topological polar surface area (TPSA) is 26.0 Å². The fraction of sp³-hybridized carbons (Fsp3) is 0.556. The average molecular weight is 157 g/mol. The molecule has 0 saturated heterocycles. The molecule has 0 rings (SSSR count). The van der Waals surface area contributed by atoms with Crippen molar-refractivity contribution in [1.29, 1.82) is 0 Å². The number of nitrogens with two attached hydrogens (primary N) is 1. The molecule has 11 heavy (non-hydrogen) atoms. The molecule has 0 aliphatic heterocycles. The summed E-state index contributed by atoms with van der Waals surface area (Å²) in [5.74, 6) is 0. The maximum atomic E-state index is 12.8. The van der Waals surface area contributed by atoms with Gasteiger partial charge in [-0.2, -0.15) is 0 Å². The minimum Gasteiger partial charge on any atom is -0.405 e. The van der Waals surface area contributed by atoms with E-state index >= 15 is 0 Å². The summed E-state index contributed by atoms with van der Waals surface area (Å²) in [5.41, 5.74) is 6.27. The third-order valence-corrected chi connectivity index (χ3v) is 1.56. The molecule has 64 valence electrons. The van der Waals surface area contributed by atoms with Gasteiger partial charge in [0.15, 0.2) is 0 Å². The number of allylic oxidation sites excluding steroid dienone is 2. The third kappa shape index (κ3) is 5.64. The van der Waals surface area contributed by atoms with Crippen LogP contribution in [0.3, 0.4) is 0 Å². The molecular weight excluding hydrogens is 141 g/mol. The van der Waals surface area contributed by atoms with Gasteiger partial charge in [-0.25, -0.2) is 4.39 Å². The van der Waals surface area contributed by atoms with E-state index < -0.39 is 6.17 Å². The monoisotopic (exact) mass is 157 g/mol. The Bertz CT molecular complexity index is 140. The summed E-state index contributed by atoms with van der Waals surface area (Å²) in [6, 6.07) is 0. The van der Waals surface area contributed by atoms with E-state index in [4.69, 9.17) is 5.73 Å². The minimum absolute atomic E-state index is 0.442. The first-order valence-corrected chi connectivity index (χ1v) is 3.83. The lowest BCUT2D eigenvalue weighted by molar-refractivity contribution is 0.317. The molecule has 1 atom stereocenters. The normalized spacial score (nSPS) is 14.5. The van der Waals surface area contributed by atoms with Gasteiger partial charge in [0.1, 0.15) is 6.17 Å². The highest BCUT2D eigenvalue weighted by Crippen LogP contribution is 2.11. The van der Waals surface area contributed by atoms with Crippen molar-refractivity contribution in [3.8, 4) is 0 Å². The highest BCUT2D eigenvalue weighted by atomic mass is 19.1. The zero-order valence-corrected chi connectivity index (χ0v) is 7.02. The lowest BCUT2D eigenvalue weighted by Crippen LogP contribution is -1.98. The van der Waals surface area contributed by atoms with Crippen LogP contribution in [-0.2, 0) is 0 Å². The predicted octanol–water partition coefficient (Wildman–Crippen LogP) is 2.54. The van der Waals surface area contributed by atoms with Gasteiger partial charge in [-0.05, 0) is 32.4 Å². The Morgan fingerprint density at radius 3 is 2.82 bits per heavy atom. The van der Waals surface area contributed by atoms with E-state index in [1.165, 1.54) is 6.20 Å². The van der Waals surface area contributed by atoms with E-state index in [0.29, 0.717) is 12.8 Å². The zero-order chi connectivity index (χ0) is 8.69. The summed E-state index contributed by atoms with van der Waals surface area (Å²) in [4.78, 5) is 0. The van der Waals surface area contributed by atoms with Crippen molar-refractivity contribution in [2.45, 2.75) is 32.4 Å². The molecular formula is C9H16FN. The molecule has 0 fully saturated rings. The second kappa shape index (κ2) is 5.96. The third-order valence-electron chi connectivity index (χ3n) is 1.56. The number of hydrogen-bond donors (Lipinski definition) is 1. The lowest BCUT2D eigenvalue weighted by Gasteiger charge is -2.04. The van der Waals surface area contributed by atoms with Gasteiger partial charge in [-0.3, -0.25) is 0 Å². The van der Waals surface area contributed by atoms with Gasteiger partial charge in [0.05, 0.1) is 0 Å². The quantitative estimate of drug-likeness (QED) is 0.610. The molecule has 0 saturated carbocycles. The molecule has 0 aromatic carbocycles. The first kappa shape index (κ1) is 10.2. The Morgan fingerprint density at radius 2 is 2.36 bits per heavy atom. The van der Waals surface area contributed by atoms with Gasteiger partial charge in [-0.15, -0.1) is 6.58 Å². The smallest absolute Gasteiger partial charge is 0.104 e. The molecule has 2 heteroatoms. The molecule has 0 aromatic rings. The molecule has 0 aliphatic carbocycles. The van der Waals surface area contributed by atoms with Crippen LogP contribution in [0.25, 0.3) is 0 Å². The molecule has 0 amide bonds. The van der Waals surface area contributed by atoms with Crippen LogP contribution in [0.4, 0.5) is 4.39 Å². The van der Waals surface area contributed by atoms with Crippen molar-refractivity contribution in [2.24, 2.45) is 5.73 Å². The summed E-state index contributed by atoms with van der Waals surface area (Å²) in [5, 5.41) is 0. The average Bonchev–Trinajstić information content (AvgIpc) is 2.01. The highest BCUT2D eigenvalue weighted by Gasteiger charge is 2.02. The molecule has 0 aliphatic rings. The van der Waals surface area contributed by atoms with E-state index in [1.807, 2.05) is 6.92 Å². The van der Waals surface area contributed by atoms with Crippen molar-refractivity contribution >= 4 is 0 Å². The number of rotatable bonds is 5. The van der Waals surface area contributed by atoms with E-state index in [-0.39, 0.29) is 0 Å². The summed E-state index contributed by atoms with van der Waals surface area (Å²) in [7, 11) is 0. The van der Waals surface area contributed by atoms with Crippen LogP contribution in [0.15, 0.2) is 24.4 Å². The molecule has 0 bridgehead atoms. The maximum absolute atomic E-state index is 12.8. The fourth-order valence-corrected chi connectivity index (χ4v) is 0.766. The van der Waals surface area contributed by atoms with Crippen molar-refractivity contribution < 1.29 is 4.39 Å². The largest absolute Gasteiger partial charge is 0.405 e. The molecule has 0 aromatic heterocycles. The molecule has 1 unspecified atom stereocenters. The first-order chi connectivity index (χ1) is 5.20. The van der Waals surface area contributed by atoms with Gasteiger partial charge in [0.2, 0.25) is 0 Å². The van der Waals surface area contributed by atoms with Crippen LogP contribution in [0, 0.1) is 0 Å². The minimum atomic E-state index is -0.762. The molecule has 2 N–H and O–H groups in total. The molecule has 1 nitrogen and oxygen atoms in total. The van der Waals surface area contributed by atoms with Crippen LogP contribution in [0.5, 0.6) is 0 Å². The van der Waals surface area contributed by atoms with E-state index in [2.05, 4.69) is 6.58 Å². The summed E-state index contributed by atoms with van der Waals surface area (Å²) in [6.07, 6.45) is 4.10. The summed E-state index contributed by atoms with van der Waals surface area (Å²) < 4.78 is 12.8. The zero-order valence-electron chi connectivity index (χ0n) is 7.02. The van der Waals surface area contributed by atoms with Gasteiger partial charge in [0, 0.05) is 0 Å². The van der Waals surface area contributed by atoms with Gasteiger partial charge in [-0.1, -0.05) is 11.6 Å². The van der Waals surface area contributed by atoms with E-state index in [1.54, 1.807) is 6.08 Å². The SMILES string of the molecule is C=CCC(F)CC/C(C)=C\N. The van der Waals surface area contributed by atoms with Crippen LogP contribution >= 0.6 is 0 Å². The van der Waals surface area contributed by atoms with Crippen molar-refractivity contribution in [3.63, 3.8) is 0 Å². The number of hydrogen-bond acceptors (Lipinski definition) is 1. The Kier molecular flexibility index (Phi) is 5.53. The van der Waals surface area contributed by atoms with Crippen molar-refractivity contribution in [2.75, 3.05) is 0 Å². The Morgan fingerprint density at radius 1 is 1.73 bits per heavy atom. The Balaban J connectivity index is 3.45. The Hall–Kier alpha value is -0.790. The standard InChI is InChI=1S/C9H16FN/c1-3-4-9(10)6-5-8(2)7-11/h3,7,9H,1,4-6,11H2,2H3/b8-7-. The van der Waals surface area contributed by atoms with Crippen molar-refractivity contribution in [1.82, 2.24) is 0 Å². The van der Waals surface area contributed by atoms with Gasteiger partial charge >= 0.3 is 0 Å². The maximum Gasteiger partial charge on any atom is 0.104 e. The predicted molar refractivity (Wildman–Crippen MR) is 46.9 cm³/mol. The van der Waals surface area contributed by atoms with Gasteiger partial charge < -0.3 is 5.73 Å². The Labute approximate surface area is 67.8 Å². The van der Waals surface area contributed by atoms with Crippen LogP contribution in [-0.4, -0.2) is 6.17 Å². The highest BCUT2D eigenvalue weighted by molar-refractivity contribution is 4.95. The lowest BCUT2D eigenvalue weighted by atomic mass is 10.1. The van der Waals surface area contributed by atoms with E-state index in [9.17, 15) is 4.39 Å². The molecule has 0 heterocycles. The van der Waals surface area contributed by atoms with Crippen LogP contribution < -0.4 is 5.73 Å². The van der Waals surface area contributed by atoms with E-state index in [0.717, 1.165) is 12.0 Å². The van der Waals surface area contributed by atoms with Crippen molar-refractivity contribution in [3.05, 3.63) is 24.4 Å². The van der Waals surface area contributed by atoms with Crippen LogP contribution in [0.1, 0.15) is 26.2 Å². The number of halogens is 1. The second-order valence-electron chi connectivity index (χ2n) is 2.67.